The summed E-state index contributed by atoms with van der Waals surface area (Å²) in [5.74, 6) is 0.406. The van der Waals surface area contributed by atoms with Crippen molar-refractivity contribution in [2.75, 3.05) is 24.6 Å². The molecular weight excluding hydrogens is 272 g/mol. The van der Waals surface area contributed by atoms with Crippen LogP contribution < -0.4 is 4.90 Å². The summed E-state index contributed by atoms with van der Waals surface area (Å²) in [6.45, 7) is 9.31. The van der Waals surface area contributed by atoms with E-state index in [0.29, 0.717) is 12.0 Å². The van der Waals surface area contributed by atoms with Crippen LogP contribution in [0.4, 0.5) is 5.13 Å². The Bertz CT molecular complexity index is 416. The highest BCUT2D eigenvalue weighted by molar-refractivity contribution is 7.15. The first-order valence-corrected chi connectivity index (χ1v) is 8.48. The number of aliphatic hydroxyl groups excluding tert-OH is 1. The molecule has 1 fully saturated rings. The standard InChI is InChI=1S/C15H26N2O2S/c1-4-11(3)14-13(10-18)20-15(16-14)17(5-2)9-12-7-6-8-19-12/h11-12,18H,4-10H2,1-3H3. The zero-order valence-electron chi connectivity index (χ0n) is 12.8. The summed E-state index contributed by atoms with van der Waals surface area (Å²) in [5.41, 5.74) is 1.07. The third-order valence-electron chi connectivity index (χ3n) is 4.04. The van der Waals surface area contributed by atoms with Crippen LogP contribution in [0, 0.1) is 0 Å². The molecule has 0 saturated carbocycles. The van der Waals surface area contributed by atoms with E-state index in [9.17, 15) is 5.11 Å². The Balaban J connectivity index is 2.14. The predicted octanol–water partition coefficient (Wildman–Crippen LogP) is 3.15. The number of hydrogen-bond acceptors (Lipinski definition) is 5. The van der Waals surface area contributed by atoms with Gasteiger partial charge in [-0.05, 0) is 32.1 Å². The third-order valence-corrected chi connectivity index (χ3v) is 5.16. The zero-order chi connectivity index (χ0) is 14.5. The third kappa shape index (κ3) is 3.51. The average molecular weight is 298 g/mol. The molecule has 0 radical (unpaired) electrons. The van der Waals surface area contributed by atoms with Crippen LogP contribution in [0.2, 0.25) is 0 Å². The van der Waals surface area contributed by atoms with Gasteiger partial charge in [0.1, 0.15) is 0 Å². The van der Waals surface area contributed by atoms with Gasteiger partial charge in [-0.2, -0.15) is 0 Å². The normalized spacial score (nSPS) is 20.3. The fourth-order valence-electron chi connectivity index (χ4n) is 2.55. The van der Waals surface area contributed by atoms with Crippen molar-refractivity contribution >= 4 is 16.5 Å². The second-order valence-electron chi connectivity index (χ2n) is 5.45. The van der Waals surface area contributed by atoms with Crippen LogP contribution >= 0.6 is 11.3 Å². The molecule has 2 rings (SSSR count). The number of hydrogen-bond donors (Lipinski definition) is 1. The van der Waals surface area contributed by atoms with Gasteiger partial charge in [0, 0.05) is 19.7 Å². The van der Waals surface area contributed by atoms with Crippen molar-refractivity contribution in [1.82, 2.24) is 4.98 Å². The molecule has 1 aromatic rings. The van der Waals surface area contributed by atoms with E-state index in [1.807, 2.05) is 0 Å². The Labute approximate surface area is 125 Å². The van der Waals surface area contributed by atoms with Crippen LogP contribution in [0.25, 0.3) is 0 Å². The van der Waals surface area contributed by atoms with E-state index in [-0.39, 0.29) is 6.61 Å². The van der Waals surface area contributed by atoms with Crippen LogP contribution in [0.3, 0.4) is 0 Å². The quantitative estimate of drug-likeness (QED) is 0.840. The maximum Gasteiger partial charge on any atom is 0.185 e. The van der Waals surface area contributed by atoms with Gasteiger partial charge in [-0.1, -0.05) is 25.2 Å². The lowest BCUT2D eigenvalue weighted by Crippen LogP contribution is -2.31. The maximum absolute atomic E-state index is 9.54. The van der Waals surface area contributed by atoms with E-state index in [4.69, 9.17) is 9.72 Å². The molecule has 0 spiro atoms. The number of likely N-dealkylation sites (N-methyl/N-ethyl adjacent to an activating group) is 1. The summed E-state index contributed by atoms with van der Waals surface area (Å²) in [5, 5.41) is 10.6. The van der Waals surface area contributed by atoms with Crippen molar-refractivity contribution in [3.8, 4) is 0 Å². The monoisotopic (exact) mass is 298 g/mol. The van der Waals surface area contributed by atoms with E-state index >= 15 is 0 Å². The molecule has 20 heavy (non-hydrogen) atoms. The second-order valence-corrected chi connectivity index (χ2v) is 6.51. The minimum absolute atomic E-state index is 0.0921. The van der Waals surface area contributed by atoms with Gasteiger partial charge in [-0.15, -0.1) is 0 Å². The molecule has 114 valence electrons. The van der Waals surface area contributed by atoms with Gasteiger partial charge in [0.15, 0.2) is 5.13 Å². The summed E-state index contributed by atoms with van der Waals surface area (Å²) in [7, 11) is 0. The van der Waals surface area contributed by atoms with Crippen LogP contribution in [-0.4, -0.2) is 35.9 Å². The van der Waals surface area contributed by atoms with Crippen molar-refractivity contribution < 1.29 is 9.84 Å². The number of anilines is 1. The van der Waals surface area contributed by atoms with Crippen molar-refractivity contribution in [3.05, 3.63) is 10.6 Å². The maximum atomic E-state index is 9.54. The number of aromatic nitrogens is 1. The fourth-order valence-corrected chi connectivity index (χ4v) is 3.67. The first-order valence-electron chi connectivity index (χ1n) is 7.66. The molecule has 2 unspecified atom stereocenters. The SMILES string of the molecule is CCC(C)c1nc(N(CC)CC2CCCO2)sc1CO. The number of nitrogens with zero attached hydrogens (tertiary/aromatic N) is 2. The average Bonchev–Trinajstić information content (AvgIpc) is 3.12. The van der Waals surface area contributed by atoms with Crippen molar-refractivity contribution in [2.24, 2.45) is 0 Å². The lowest BCUT2D eigenvalue weighted by molar-refractivity contribution is 0.115. The van der Waals surface area contributed by atoms with E-state index in [2.05, 4.69) is 25.7 Å². The van der Waals surface area contributed by atoms with E-state index < -0.39 is 0 Å². The predicted molar refractivity (Wildman–Crippen MR) is 83.6 cm³/mol. The van der Waals surface area contributed by atoms with E-state index in [1.165, 1.54) is 6.42 Å². The van der Waals surface area contributed by atoms with Gasteiger partial charge >= 0.3 is 0 Å². The Morgan fingerprint density at radius 2 is 2.30 bits per heavy atom. The number of rotatable bonds is 7. The second kappa shape index (κ2) is 7.38. The first kappa shape index (κ1) is 15.7. The molecule has 1 N–H and O–H groups in total. The lowest BCUT2D eigenvalue weighted by Gasteiger charge is -2.23. The zero-order valence-corrected chi connectivity index (χ0v) is 13.6. The van der Waals surface area contributed by atoms with Gasteiger partial charge in [0.05, 0.1) is 23.3 Å². The largest absolute Gasteiger partial charge is 0.391 e. The van der Waals surface area contributed by atoms with Crippen LogP contribution in [0.5, 0.6) is 0 Å². The molecule has 1 aromatic heterocycles. The van der Waals surface area contributed by atoms with Crippen LogP contribution in [0.15, 0.2) is 0 Å². The van der Waals surface area contributed by atoms with E-state index in [0.717, 1.165) is 48.2 Å². The Kier molecular flexibility index (Phi) is 5.81. The molecule has 0 amide bonds. The Morgan fingerprint density at radius 1 is 1.50 bits per heavy atom. The molecule has 0 aromatic carbocycles. The summed E-state index contributed by atoms with van der Waals surface area (Å²) in [4.78, 5) is 8.09. The molecule has 4 nitrogen and oxygen atoms in total. The van der Waals surface area contributed by atoms with Crippen molar-refractivity contribution in [1.29, 1.82) is 0 Å². The molecule has 0 aliphatic carbocycles. The summed E-state index contributed by atoms with van der Waals surface area (Å²) < 4.78 is 5.72. The lowest BCUT2D eigenvalue weighted by atomic mass is 10.0. The van der Waals surface area contributed by atoms with Gasteiger partial charge in [-0.3, -0.25) is 0 Å². The number of ether oxygens (including phenoxy) is 1. The van der Waals surface area contributed by atoms with Crippen molar-refractivity contribution in [3.63, 3.8) is 0 Å². The fraction of sp³-hybridized carbons (Fsp3) is 0.800. The van der Waals surface area contributed by atoms with Crippen LogP contribution in [-0.2, 0) is 11.3 Å². The summed E-state index contributed by atoms with van der Waals surface area (Å²) in [6, 6.07) is 0. The molecule has 2 heterocycles. The van der Waals surface area contributed by atoms with Crippen molar-refractivity contribution in [2.45, 2.75) is 58.7 Å². The van der Waals surface area contributed by atoms with Gasteiger partial charge in [0.25, 0.3) is 0 Å². The molecule has 1 aliphatic rings. The van der Waals surface area contributed by atoms with Gasteiger partial charge in [0.2, 0.25) is 0 Å². The van der Waals surface area contributed by atoms with Gasteiger partial charge < -0.3 is 14.7 Å². The molecule has 1 saturated heterocycles. The minimum atomic E-state index is 0.0921. The molecule has 2 atom stereocenters. The number of thiazole rings is 1. The molecule has 5 heteroatoms. The van der Waals surface area contributed by atoms with Gasteiger partial charge in [-0.25, -0.2) is 4.98 Å². The smallest absolute Gasteiger partial charge is 0.185 e. The number of aliphatic hydroxyl groups is 1. The molecule has 0 bridgehead atoms. The minimum Gasteiger partial charge on any atom is -0.391 e. The summed E-state index contributed by atoms with van der Waals surface area (Å²) >= 11 is 1.63. The highest BCUT2D eigenvalue weighted by atomic mass is 32.1. The Morgan fingerprint density at radius 3 is 2.85 bits per heavy atom. The van der Waals surface area contributed by atoms with E-state index in [1.54, 1.807) is 11.3 Å². The topological polar surface area (TPSA) is 45.6 Å². The molecular formula is C15H26N2O2S. The highest BCUT2D eigenvalue weighted by Crippen LogP contribution is 2.32. The van der Waals surface area contributed by atoms with Crippen LogP contribution in [0.1, 0.15) is 56.5 Å². The first-order chi connectivity index (χ1) is 9.69. The summed E-state index contributed by atoms with van der Waals surface area (Å²) in [6.07, 6.45) is 3.70. The highest BCUT2D eigenvalue weighted by Gasteiger charge is 2.22. The Hall–Kier alpha value is -0.650. The molecule has 1 aliphatic heterocycles.